The van der Waals surface area contributed by atoms with E-state index >= 15 is 0 Å². The van der Waals surface area contributed by atoms with Crippen LogP contribution in [0.25, 0.3) is 11.3 Å². The highest BCUT2D eigenvalue weighted by molar-refractivity contribution is 6.33. The summed E-state index contributed by atoms with van der Waals surface area (Å²) >= 11 is 6.15. The molecule has 0 bridgehead atoms. The van der Waals surface area contributed by atoms with E-state index < -0.39 is 0 Å². The molecule has 0 spiro atoms. The molecular formula is C23H23ClN4O2. The number of aromatic nitrogens is 2. The molecule has 1 N–H and O–H groups in total. The van der Waals surface area contributed by atoms with Crippen molar-refractivity contribution in [2.75, 3.05) is 30.4 Å². The van der Waals surface area contributed by atoms with Crippen LogP contribution in [-0.4, -0.2) is 36.1 Å². The standard InChI is InChI=1S/C23H23ClN4O2/c1-30-18-8-6-16(7-9-18)21-14-22(26-15-25-21)28-12-10-17(11-13-28)23(29)27-20-5-3-2-4-19(20)24/h2-9,14-15,17H,10-13H2,1H3,(H,27,29). The smallest absolute Gasteiger partial charge is 0.227 e. The summed E-state index contributed by atoms with van der Waals surface area (Å²) < 4.78 is 5.22. The summed E-state index contributed by atoms with van der Waals surface area (Å²) in [4.78, 5) is 23.7. The number of methoxy groups -OCH3 is 1. The Morgan fingerprint density at radius 1 is 1.10 bits per heavy atom. The minimum atomic E-state index is -0.0413. The number of carbonyl (C=O) groups excluding carboxylic acids is 1. The topological polar surface area (TPSA) is 67.3 Å². The van der Waals surface area contributed by atoms with E-state index in [1.54, 1.807) is 19.5 Å². The number of hydrogen-bond donors (Lipinski definition) is 1. The number of rotatable bonds is 5. The number of nitrogens with one attached hydrogen (secondary N) is 1. The van der Waals surface area contributed by atoms with Gasteiger partial charge in [0.15, 0.2) is 0 Å². The Hall–Kier alpha value is -3.12. The number of ether oxygens (including phenoxy) is 1. The lowest BCUT2D eigenvalue weighted by Gasteiger charge is -2.32. The maximum absolute atomic E-state index is 12.6. The van der Waals surface area contributed by atoms with E-state index in [1.165, 1.54) is 0 Å². The van der Waals surface area contributed by atoms with Gasteiger partial charge in [0, 0.05) is 30.6 Å². The quantitative estimate of drug-likeness (QED) is 0.647. The average Bonchev–Trinajstić information content (AvgIpc) is 2.81. The molecule has 3 aromatic rings. The monoisotopic (exact) mass is 422 g/mol. The second kappa shape index (κ2) is 9.13. The van der Waals surface area contributed by atoms with Crippen LogP contribution in [0, 0.1) is 5.92 Å². The van der Waals surface area contributed by atoms with Gasteiger partial charge >= 0.3 is 0 Å². The molecule has 1 aliphatic rings. The summed E-state index contributed by atoms with van der Waals surface area (Å²) in [6, 6.07) is 17.1. The zero-order valence-electron chi connectivity index (χ0n) is 16.7. The van der Waals surface area contributed by atoms with E-state index in [1.807, 2.05) is 48.5 Å². The third-order valence-corrected chi connectivity index (χ3v) is 5.69. The van der Waals surface area contributed by atoms with Gasteiger partial charge in [-0.15, -0.1) is 0 Å². The van der Waals surface area contributed by atoms with Gasteiger partial charge in [0.25, 0.3) is 0 Å². The second-order valence-corrected chi connectivity index (χ2v) is 7.63. The van der Waals surface area contributed by atoms with Gasteiger partial charge in [-0.05, 0) is 49.2 Å². The lowest BCUT2D eigenvalue weighted by molar-refractivity contribution is -0.120. The maximum Gasteiger partial charge on any atom is 0.227 e. The normalized spacial score (nSPS) is 14.4. The molecule has 1 aliphatic heterocycles. The van der Waals surface area contributed by atoms with E-state index in [0.717, 1.165) is 48.8 Å². The van der Waals surface area contributed by atoms with Gasteiger partial charge < -0.3 is 15.0 Å². The molecule has 1 aromatic heterocycles. The number of halogens is 1. The van der Waals surface area contributed by atoms with Crippen molar-refractivity contribution in [3.05, 3.63) is 65.9 Å². The molecule has 2 aromatic carbocycles. The van der Waals surface area contributed by atoms with Gasteiger partial charge in [-0.3, -0.25) is 4.79 Å². The number of piperidine rings is 1. The first-order valence-electron chi connectivity index (χ1n) is 9.91. The summed E-state index contributed by atoms with van der Waals surface area (Å²) in [5, 5.41) is 3.50. The molecule has 1 fully saturated rings. The number of nitrogens with zero attached hydrogens (tertiary/aromatic N) is 3. The first-order valence-corrected chi connectivity index (χ1v) is 10.3. The van der Waals surface area contributed by atoms with Crippen molar-refractivity contribution in [1.29, 1.82) is 0 Å². The maximum atomic E-state index is 12.6. The molecule has 0 unspecified atom stereocenters. The molecule has 1 amide bonds. The van der Waals surface area contributed by atoms with Gasteiger partial charge in [0.05, 0.1) is 23.5 Å². The van der Waals surface area contributed by atoms with E-state index in [4.69, 9.17) is 16.3 Å². The first kappa shape index (κ1) is 20.2. The highest BCUT2D eigenvalue weighted by atomic mass is 35.5. The summed E-state index contributed by atoms with van der Waals surface area (Å²) in [6.07, 6.45) is 3.11. The number of amides is 1. The van der Waals surface area contributed by atoms with Crippen molar-refractivity contribution in [3.8, 4) is 17.0 Å². The Morgan fingerprint density at radius 3 is 2.53 bits per heavy atom. The fraction of sp³-hybridized carbons (Fsp3) is 0.261. The van der Waals surface area contributed by atoms with Crippen molar-refractivity contribution >= 4 is 29.0 Å². The Balaban J connectivity index is 1.39. The molecule has 154 valence electrons. The third-order valence-electron chi connectivity index (χ3n) is 5.36. The molecule has 0 radical (unpaired) electrons. The van der Waals surface area contributed by atoms with Gasteiger partial charge in [0.1, 0.15) is 17.9 Å². The van der Waals surface area contributed by atoms with E-state index in [0.29, 0.717) is 10.7 Å². The average molecular weight is 423 g/mol. The number of anilines is 2. The summed E-state index contributed by atoms with van der Waals surface area (Å²) in [5.41, 5.74) is 2.53. The number of carbonyl (C=O) groups is 1. The van der Waals surface area contributed by atoms with Crippen LogP contribution in [0.4, 0.5) is 11.5 Å². The Morgan fingerprint density at radius 2 is 1.83 bits per heavy atom. The molecule has 4 rings (SSSR count). The SMILES string of the molecule is COc1ccc(-c2cc(N3CCC(C(=O)Nc4ccccc4Cl)CC3)ncn2)cc1. The van der Waals surface area contributed by atoms with E-state index in [-0.39, 0.29) is 11.8 Å². The van der Waals surface area contributed by atoms with E-state index in [2.05, 4.69) is 20.2 Å². The van der Waals surface area contributed by atoms with Gasteiger partial charge in [-0.1, -0.05) is 23.7 Å². The Labute approximate surface area is 180 Å². The van der Waals surface area contributed by atoms with Crippen LogP contribution in [0.2, 0.25) is 5.02 Å². The number of para-hydroxylation sites is 1. The van der Waals surface area contributed by atoms with Crippen LogP contribution < -0.4 is 15.0 Å². The van der Waals surface area contributed by atoms with Crippen molar-refractivity contribution in [3.63, 3.8) is 0 Å². The summed E-state index contributed by atoms with van der Waals surface area (Å²) in [5.74, 6) is 1.66. The minimum Gasteiger partial charge on any atom is -0.497 e. The minimum absolute atomic E-state index is 0.0179. The van der Waals surface area contributed by atoms with Crippen LogP contribution in [0.3, 0.4) is 0 Å². The molecule has 7 heteroatoms. The second-order valence-electron chi connectivity index (χ2n) is 7.22. The lowest BCUT2D eigenvalue weighted by Crippen LogP contribution is -2.38. The highest BCUT2D eigenvalue weighted by Crippen LogP contribution is 2.27. The molecule has 6 nitrogen and oxygen atoms in total. The molecule has 1 saturated heterocycles. The fourth-order valence-electron chi connectivity index (χ4n) is 3.61. The molecule has 0 aliphatic carbocycles. The lowest BCUT2D eigenvalue weighted by atomic mass is 9.95. The fourth-order valence-corrected chi connectivity index (χ4v) is 3.79. The zero-order valence-corrected chi connectivity index (χ0v) is 17.5. The van der Waals surface area contributed by atoms with Gasteiger partial charge in [0.2, 0.25) is 5.91 Å². The number of hydrogen-bond acceptors (Lipinski definition) is 5. The summed E-state index contributed by atoms with van der Waals surface area (Å²) in [6.45, 7) is 1.53. The van der Waals surface area contributed by atoms with Crippen LogP contribution in [0.15, 0.2) is 60.9 Å². The van der Waals surface area contributed by atoms with Crippen molar-refractivity contribution in [2.45, 2.75) is 12.8 Å². The van der Waals surface area contributed by atoms with E-state index in [9.17, 15) is 4.79 Å². The predicted octanol–water partition coefficient (Wildman–Crippen LogP) is 4.66. The third kappa shape index (κ3) is 4.54. The van der Waals surface area contributed by atoms with Crippen LogP contribution in [0.1, 0.15) is 12.8 Å². The van der Waals surface area contributed by atoms with Crippen molar-refractivity contribution < 1.29 is 9.53 Å². The number of benzene rings is 2. The van der Waals surface area contributed by atoms with Crippen LogP contribution in [-0.2, 0) is 4.79 Å². The Bertz CT molecular complexity index is 1020. The first-order chi connectivity index (χ1) is 14.6. The molecule has 2 heterocycles. The molecule has 0 atom stereocenters. The summed E-state index contributed by atoms with van der Waals surface area (Å²) in [7, 11) is 1.65. The molecular weight excluding hydrogens is 400 g/mol. The molecule has 30 heavy (non-hydrogen) atoms. The van der Waals surface area contributed by atoms with Crippen molar-refractivity contribution in [2.24, 2.45) is 5.92 Å². The van der Waals surface area contributed by atoms with Crippen molar-refractivity contribution in [1.82, 2.24) is 9.97 Å². The van der Waals surface area contributed by atoms with Crippen LogP contribution in [0.5, 0.6) is 5.75 Å². The van der Waals surface area contributed by atoms with Crippen LogP contribution >= 0.6 is 11.6 Å². The van der Waals surface area contributed by atoms with Gasteiger partial charge in [-0.25, -0.2) is 9.97 Å². The molecule has 0 saturated carbocycles. The largest absolute Gasteiger partial charge is 0.497 e. The Kier molecular flexibility index (Phi) is 6.14. The zero-order chi connectivity index (χ0) is 20.9. The predicted molar refractivity (Wildman–Crippen MR) is 119 cm³/mol. The highest BCUT2D eigenvalue weighted by Gasteiger charge is 2.26. The van der Waals surface area contributed by atoms with Gasteiger partial charge in [-0.2, -0.15) is 0 Å².